The minimum atomic E-state index is -1.27. The zero-order valence-corrected chi connectivity index (χ0v) is 16.6. The van der Waals surface area contributed by atoms with Crippen LogP contribution in [0.5, 0.6) is 0 Å². The Morgan fingerprint density at radius 2 is 1.05 bits per heavy atom. The molecule has 0 aromatic carbocycles. The first-order valence-electron chi connectivity index (χ1n) is 7.04. The van der Waals surface area contributed by atoms with Crippen molar-refractivity contribution in [2.75, 3.05) is 0 Å². The number of carbonyl (C=O) groups is 2. The van der Waals surface area contributed by atoms with Crippen LogP contribution < -0.4 is 5.11 Å². The summed E-state index contributed by atoms with van der Waals surface area (Å²) in [6.45, 7) is 13.2. The predicted octanol–water partition coefficient (Wildman–Crippen LogP) is 0.510. The molecule has 1 atom stereocenters. The molecule has 1 unspecified atom stereocenters. The smallest absolute Gasteiger partial charge is 0.138 e. The van der Waals surface area contributed by atoms with Gasteiger partial charge >= 0.3 is 0 Å². The van der Waals surface area contributed by atoms with Crippen molar-refractivity contribution in [2.45, 2.75) is 80.1 Å². The molecule has 0 spiro atoms. The number of carboxylic acids is 1. The zero-order chi connectivity index (χ0) is 18.2. The van der Waals surface area contributed by atoms with E-state index in [0.717, 1.165) is 0 Å². The molecule has 0 bridgehead atoms. The molecule has 0 aliphatic heterocycles. The van der Waals surface area contributed by atoms with Gasteiger partial charge in [-0.05, 0) is 54.9 Å². The molecule has 0 rings (SSSR count). The van der Waals surface area contributed by atoms with Gasteiger partial charge in [0.1, 0.15) is 5.78 Å². The summed E-state index contributed by atoms with van der Waals surface area (Å²) in [6.07, 6.45) is -0.183. The second-order valence-electron chi connectivity index (χ2n) is 5.17. The Hall–Kier alpha value is -0.266. The van der Waals surface area contributed by atoms with E-state index in [0.29, 0.717) is 6.42 Å². The second kappa shape index (κ2) is 23.0. The Morgan fingerprint density at radius 3 is 1.05 bits per heavy atom. The molecule has 6 nitrogen and oxygen atoms in total. The van der Waals surface area contributed by atoms with Gasteiger partial charge in [0.2, 0.25) is 0 Å². The van der Waals surface area contributed by atoms with E-state index in [1.54, 1.807) is 48.5 Å². The van der Waals surface area contributed by atoms with Crippen LogP contribution in [0.2, 0.25) is 0 Å². The standard InChI is InChI=1S/C6H10O3.3C3H8O.Ti/c1-3-5(4(2)7)6(8)9;3*1-3(2)4;/h5H,3H2,1-2H3,(H,8,9);3*3-4H,1-2H3;/p-1. The molecule has 0 radical (unpaired) electrons. The molecule has 0 aromatic rings. The molecular weight excluding hydrogens is 324 g/mol. The number of carboxylic acid groups (broad SMARTS) is 1. The Balaban J connectivity index is -0.0000000632. The van der Waals surface area contributed by atoms with Gasteiger partial charge in [-0.25, -0.2) is 0 Å². The van der Waals surface area contributed by atoms with Gasteiger partial charge in [-0.1, -0.05) is 6.92 Å². The summed E-state index contributed by atoms with van der Waals surface area (Å²) in [5, 5.41) is 34.2. The monoisotopic (exact) mass is 357 g/mol. The molecule has 0 heterocycles. The summed E-state index contributed by atoms with van der Waals surface area (Å²) in [4.78, 5) is 20.4. The number of aliphatic carboxylic acids is 1. The van der Waals surface area contributed by atoms with Crippen LogP contribution in [-0.2, 0) is 31.3 Å². The molecule has 7 heteroatoms. The average molecular weight is 357 g/mol. The Bertz CT molecular complexity index is 206. The van der Waals surface area contributed by atoms with Gasteiger partial charge in [0.05, 0.1) is 11.9 Å². The number of Topliss-reactive ketones (excluding diaryl/α,β-unsaturated/α-hetero) is 1. The molecule has 0 fully saturated rings. The Morgan fingerprint density at radius 1 is 0.864 bits per heavy atom. The van der Waals surface area contributed by atoms with E-state index in [1.807, 2.05) is 0 Å². The fourth-order valence-electron chi connectivity index (χ4n) is 0.620. The summed E-state index contributed by atoms with van der Waals surface area (Å²) in [6, 6.07) is 0. The number of hydrogen-bond donors (Lipinski definition) is 3. The molecule has 134 valence electrons. The first-order chi connectivity index (χ1) is 9.29. The van der Waals surface area contributed by atoms with Crippen molar-refractivity contribution in [1.29, 1.82) is 0 Å². The quantitative estimate of drug-likeness (QED) is 0.500. The number of carbonyl (C=O) groups excluding carboxylic acids is 2. The van der Waals surface area contributed by atoms with Gasteiger partial charge in [0.25, 0.3) is 0 Å². The maximum atomic E-state index is 10.4. The van der Waals surface area contributed by atoms with Gasteiger partial charge in [0, 0.05) is 40.0 Å². The molecule has 0 aliphatic rings. The van der Waals surface area contributed by atoms with Crippen molar-refractivity contribution in [1.82, 2.24) is 0 Å². The largest absolute Gasteiger partial charge is 0.549 e. The molecule has 22 heavy (non-hydrogen) atoms. The van der Waals surface area contributed by atoms with Crippen molar-refractivity contribution in [2.24, 2.45) is 5.92 Å². The number of aliphatic hydroxyl groups is 3. The summed E-state index contributed by atoms with van der Waals surface area (Å²) >= 11 is 0. The SMILES string of the molecule is CC(C)O.CC(C)O.CC(C)O.CCC(C(C)=O)C(=O)[O-].[Ti]. The van der Waals surface area contributed by atoms with Gasteiger partial charge in [-0.2, -0.15) is 0 Å². The van der Waals surface area contributed by atoms with Crippen molar-refractivity contribution in [3.8, 4) is 0 Å². The molecule has 0 aromatic heterocycles. The number of ketones is 1. The Kier molecular flexibility index (Phi) is 34.9. The van der Waals surface area contributed by atoms with Crippen LogP contribution in [0.15, 0.2) is 0 Å². The third-order valence-electron chi connectivity index (χ3n) is 1.18. The topological polar surface area (TPSA) is 118 Å². The molecular formula is C15H33O6Ti-. The summed E-state index contributed by atoms with van der Waals surface area (Å²) < 4.78 is 0. The van der Waals surface area contributed by atoms with Crippen LogP contribution in [0.25, 0.3) is 0 Å². The van der Waals surface area contributed by atoms with Crippen LogP contribution >= 0.6 is 0 Å². The van der Waals surface area contributed by atoms with E-state index in [1.165, 1.54) is 6.92 Å². The third-order valence-corrected chi connectivity index (χ3v) is 1.18. The molecule has 0 amide bonds. The maximum absolute atomic E-state index is 10.4. The molecule has 3 N–H and O–H groups in total. The number of rotatable bonds is 3. The van der Waals surface area contributed by atoms with Crippen LogP contribution in [0.1, 0.15) is 61.8 Å². The van der Waals surface area contributed by atoms with E-state index in [2.05, 4.69) is 0 Å². The van der Waals surface area contributed by atoms with E-state index >= 15 is 0 Å². The minimum Gasteiger partial charge on any atom is -0.549 e. The molecule has 0 saturated carbocycles. The van der Waals surface area contributed by atoms with Crippen molar-refractivity contribution >= 4 is 11.8 Å². The fourth-order valence-corrected chi connectivity index (χ4v) is 0.620. The second-order valence-corrected chi connectivity index (χ2v) is 5.17. The summed E-state index contributed by atoms with van der Waals surface area (Å²) in [5.41, 5.74) is 0. The van der Waals surface area contributed by atoms with Gasteiger partial charge in [-0.15, -0.1) is 0 Å². The Labute approximate surface area is 149 Å². The average Bonchev–Trinajstić information content (AvgIpc) is 2.13. The molecule has 0 saturated heterocycles. The van der Waals surface area contributed by atoms with E-state index in [4.69, 9.17) is 15.3 Å². The van der Waals surface area contributed by atoms with Crippen LogP contribution in [0.3, 0.4) is 0 Å². The fraction of sp³-hybridized carbons (Fsp3) is 0.867. The van der Waals surface area contributed by atoms with E-state index < -0.39 is 11.9 Å². The number of aliphatic hydroxyl groups excluding tert-OH is 3. The first kappa shape index (κ1) is 33.4. The van der Waals surface area contributed by atoms with Gasteiger partial charge < -0.3 is 25.2 Å². The van der Waals surface area contributed by atoms with E-state index in [-0.39, 0.29) is 45.8 Å². The third kappa shape index (κ3) is 73.1. The van der Waals surface area contributed by atoms with Crippen molar-refractivity contribution < 1.29 is 51.7 Å². The maximum Gasteiger partial charge on any atom is 0.138 e. The predicted molar refractivity (Wildman–Crippen MR) is 81.5 cm³/mol. The van der Waals surface area contributed by atoms with Crippen LogP contribution in [0.4, 0.5) is 0 Å². The van der Waals surface area contributed by atoms with Gasteiger partial charge in [0.15, 0.2) is 0 Å². The zero-order valence-electron chi connectivity index (χ0n) is 15.1. The van der Waals surface area contributed by atoms with Gasteiger partial charge in [-0.3, -0.25) is 4.79 Å². The normalized spacial score (nSPS) is 10.1. The summed E-state index contributed by atoms with van der Waals surface area (Å²) in [7, 11) is 0. The first-order valence-corrected chi connectivity index (χ1v) is 7.04. The van der Waals surface area contributed by atoms with Crippen LogP contribution in [0, 0.1) is 5.92 Å². The number of hydrogen-bond acceptors (Lipinski definition) is 6. The van der Waals surface area contributed by atoms with Crippen molar-refractivity contribution in [3.63, 3.8) is 0 Å². The van der Waals surface area contributed by atoms with E-state index in [9.17, 15) is 14.7 Å². The van der Waals surface area contributed by atoms with Crippen molar-refractivity contribution in [3.05, 3.63) is 0 Å². The molecule has 0 aliphatic carbocycles. The van der Waals surface area contributed by atoms with Crippen LogP contribution in [-0.4, -0.2) is 45.4 Å². The minimum absolute atomic E-state index is 0. The summed E-state index contributed by atoms with van der Waals surface area (Å²) in [5.74, 6) is -2.52.